The molecule has 0 aliphatic rings. The molecule has 0 unspecified atom stereocenters. The third kappa shape index (κ3) is 7.85. The van der Waals surface area contributed by atoms with Crippen molar-refractivity contribution in [1.82, 2.24) is 15.5 Å². The van der Waals surface area contributed by atoms with Gasteiger partial charge < -0.3 is 20.3 Å². The molecule has 136 valence electrons. The van der Waals surface area contributed by atoms with Crippen LogP contribution in [0, 0.1) is 6.92 Å². The van der Waals surface area contributed by atoms with Gasteiger partial charge in [-0.05, 0) is 25.0 Å². The SMILES string of the molecule is CN=C(NCCC(=O)N(C)C)NCCc1cc(C)ccc1OC.I. The Hall–Kier alpha value is -1.51. The molecule has 0 radical (unpaired) electrons. The van der Waals surface area contributed by atoms with Crippen LogP contribution in [-0.4, -0.2) is 58.1 Å². The number of rotatable bonds is 7. The topological polar surface area (TPSA) is 66.0 Å². The summed E-state index contributed by atoms with van der Waals surface area (Å²) < 4.78 is 5.38. The summed E-state index contributed by atoms with van der Waals surface area (Å²) >= 11 is 0. The van der Waals surface area contributed by atoms with Crippen molar-refractivity contribution in [1.29, 1.82) is 0 Å². The Balaban J connectivity index is 0.00000529. The van der Waals surface area contributed by atoms with Gasteiger partial charge >= 0.3 is 0 Å². The van der Waals surface area contributed by atoms with Gasteiger partial charge in [-0.1, -0.05) is 17.7 Å². The van der Waals surface area contributed by atoms with Gasteiger partial charge in [-0.3, -0.25) is 9.79 Å². The maximum absolute atomic E-state index is 11.5. The zero-order valence-corrected chi connectivity index (χ0v) is 17.5. The highest BCUT2D eigenvalue weighted by molar-refractivity contribution is 14.0. The summed E-state index contributed by atoms with van der Waals surface area (Å²) in [6.45, 7) is 3.37. The molecular formula is C17H29IN4O2. The van der Waals surface area contributed by atoms with Crippen molar-refractivity contribution in [2.24, 2.45) is 4.99 Å². The molecule has 1 rings (SSSR count). The summed E-state index contributed by atoms with van der Waals surface area (Å²) in [7, 11) is 6.91. The Bertz CT molecular complexity index is 547. The largest absolute Gasteiger partial charge is 0.496 e. The molecule has 0 aliphatic carbocycles. The molecule has 1 aromatic rings. The second-order valence-electron chi connectivity index (χ2n) is 5.53. The molecule has 1 aromatic carbocycles. The lowest BCUT2D eigenvalue weighted by Gasteiger charge is -2.14. The van der Waals surface area contributed by atoms with Gasteiger partial charge in [0.05, 0.1) is 7.11 Å². The van der Waals surface area contributed by atoms with E-state index in [1.165, 1.54) is 11.1 Å². The molecule has 24 heavy (non-hydrogen) atoms. The van der Waals surface area contributed by atoms with Crippen LogP contribution in [0.25, 0.3) is 0 Å². The Morgan fingerprint density at radius 3 is 2.50 bits per heavy atom. The van der Waals surface area contributed by atoms with E-state index in [0.29, 0.717) is 18.9 Å². The fraction of sp³-hybridized carbons (Fsp3) is 0.529. The predicted molar refractivity (Wildman–Crippen MR) is 110 cm³/mol. The molecular weight excluding hydrogens is 419 g/mol. The van der Waals surface area contributed by atoms with E-state index >= 15 is 0 Å². The van der Waals surface area contributed by atoms with Crippen LogP contribution < -0.4 is 15.4 Å². The van der Waals surface area contributed by atoms with E-state index < -0.39 is 0 Å². The van der Waals surface area contributed by atoms with Crippen LogP contribution in [0.5, 0.6) is 5.75 Å². The summed E-state index contributed by atoms with van der Waals surface area (Å²) in [6.07, 6.45) is 1.28. The third-order valence-electron chi connectivity index (χ3n) is 3.48. The standard InChI is InChI=1S/C17H28N4O2.HI/c1-13-6-7-15(23-5)14(12-13)8-10-19-17(18-2)20-11-9-16(22)21(3)4;/h6-7,12H,8-11H2,1-5H3,(H2,18,19,20);1H. The predicted octanol–water partition coefficient (Wildman–Crippen LogP) is 1.81. The number of methoxy groups -OCH3 is 1. The highest BCUT2D eigenvalue weighted by Crippen LogP contribution is 2.19. The molecule has 0 saturated carbocycles. The Kier molecular flexibility index (Phi) is 11.2. The van der Waals surface area contributed by atoms with Crippen LogP contribution in [0.2, 0.25) is 0 Å². The van der Waals surface area contributed by atoms with Crippen molar-refractivity contribution in [2.45, 2.75) is 19.8 Å². The second-order valence-corrected chi connectivity index (χ2v) is 5.53. The van der Waals surface area contributed by atoms with Crippen molar-refractivity contribution >= 4 is 35.8 Å². The summed E-state index contributed by atoms with van der Waals surface area (Å²) in [5, 5.41) is 6.39. The number of nitrogens with one attached hydrogen (secondary N) is 2. The van der Waals surface area contributed by atoms with Gasteiger partial charge in [-0.15, -0.1) is 24.0 Å². The average molecular weight is 448 g/mol. The molecule has 7 heteroatoms. The quantitative estimate of drug-likeness (QED) is 0.380. The van der Waals surface area contributed by atoms with E-state index in [0.717, 1.165) is 18.7 Å². The molecule has 0 aromatic heterocycles. The van der Waals surface area contributed by atoms with Crippen molar-refractivity contribution < 1.29 is 9.53 Å². The first kappa shape index (κ1) is 22.5. The van der Waals surface area contributed by atoms with E-state index in [1.807, 2.05) is 12.1 Å². The van der Waals surface area contributed by atoms with Gasteiger partial charge in [0.2, 0.25) is 5.91 Å². The lowest BCUT2D eigenvalue weighted by atomic mass is 10.1. The van der Waals surface area contributed by atoms with E-state index in [9.17, 15) is 4.79 Å². The Morgan fingerprint density at radius 2 is 1.92 bits per heavy atom. The number of benzene rings is 1. The third-order valence-corrected chi connectivity index (χ3v) is 3.48. The fourth-order valence-corrected chi connectivity index (χ4v) is 2.15. The first-order valence-electron chi connectivity index (χ1n) is 7.76. The fourth-order valence-electron chi connectivity index (χ4n) is 2.15. The lowest BCUT2D eigenvalue weighted by Crippen LogP contribution is -2.40. The molecule has 0 bridgehead atoms. The maximum Gasteiger partial charge on any atom is 0.223 e. The number of amides is 1. The molecule has 1 amide bonds. The minimum Gasteiger partial charge on any atom is -0.496 e. The number of guanidine groups is 1. The lowest BCUT2D eigenvalue weighted by molar-refractivity contribution is -0.128. The minimum atomic E-state index is 0. The van der Waals surface area contributed by atoms with E-state index in [1.54, 1.807) is 33.2 Å². The summed E-state index contributed by atoms with van der Waals surface area (Å²) in [6, 6.07) is 6.16. The second kappa shape index (κ2) is 11.9. The minimum absolute atomic E-state index is 0. The van der Waals surface area contributed by atoms with Gasteiger partial charge in [0.25, 0.3) is 0 Å². The van der Waals surface area contributed by atoms with E-state index in [-0.39, 0.29) is 29.9 Å². The van der Waals surface area contributed by atoms with Crippen molar-refractivity contribution in [3.05, 3.63) is 29.3 Å². The number of nitrogens with zero attached hydrogens (tertiary/aromatic N) is 2. The normalized spacial score (nSPS) is 10.6. The Labute approximate surface area is 162 Å². The number of carbonyl (C=O) groups excluding carboxylic acids is 1. The zero-order chi connectivity index (χ0) is 17.2. The molecule has 0 spiro atoms. The van der Waals surface area contributed by atoms with Crippen LogP contribution in [-0.2, 0) is 11.2 Å². The number of halogens is 1. The van der Waals surface area contributed by atoms with E-state index in [4.69, 9.17) is 4.74 Å². The van der Waals surface area contributed by atoms with Gasteiger partial charge in [0, 0.05) is 40.7 Å². The van der Waals surface area contributed by atoms with Gasteiger partial charge in [-0.25, -0.2) is 0 Å². The van der Waals surface area contributed by atoms with E-state index in [2.05, 4.69) is 28.6 Å². The Morgan fingerprint density at radius 1 is 1.25 bits per heavy atom. The van der Waals surface area contributed by atoms with Crippen molar-refractivity contribution in [2.75, 3.05) is 41.3 Å². The smallest absolute Gasteiger partial charge is 0.223 e. The molecule has 0 atom stereocenters. The molecule has 6 nitrogen and oxygen atoms in total. The van der Waals surface area contributed by atoms with Crippen LogP contribution in [0.4, 0.5) is 0 Å². The summed E-state index contributed by atoms with van der Waals surface area (Å²) in [5.41, 5.74) is 2.38. The first-order chi connectivity index (χ1) is 11.0. The number of hydrogen-bond acceptors (Lipinski definition) is 3. The van der Waals surface area contributed by atoms with Gasteiger partial charge in [0.1, 0.15) is 5.75 Å². The summed E-state index contributed by atoms with van der Waals surface area (Å²) in [5.74, 6) is 1.69. The molecule has 0 aliphatic heterocycles. The number of hydrogen-bond donors (Lipinski definition) is 2. The average Bonchev–Trinajstić information content (AvgIpc) is 2.53. The monoisotopic (exact) mass is 448 g/mol. The van der Waals surface area contributed by atoms with Crippen LogP contribution in [0.15, 0.2) is 23.2 Å². The molecule has 2 N–H and O–H groups in total. The number of aliphatic imine (C=N–C) groups is 1. The maximum atomic E-state index is 11.5. The van der Waals surface area contributed by atoms with Crippen LogP contribution in [0.1, 0.15) is 17.5 Å². The van der Waals surface area contributed by atoms with Crippen molar-refractivity contribution in [3.63, 3.8) is 0 Å². The van der Waals surface area contributed by atoms with Gasteiger partial charge in [0.15, 0.2) is 5.96 Å². The summed E-state index contributed by atoms with van der Waals surface area (Å²) in [4.78, 5) is 17.3. The highest BCUT2D eigenvalue weighted by atomic mass is 127. The van der Waals surface area contributed by atoms with Crippen LogP contribution >= 0.6 is 24.0 Å². The number of aryl methyl sites for hydroxylation is 1. The highest BCUT2D eigenvalue weighted by Gasteiger charge is 2.06. The first-order valence-corrected chi connectivity index (χ1v) is 7.76. The molecule has 0 saturated heterocycles. The molecule has 0 fully saturated rings. The molecule has 0 heterocycles. The van der Waals surface area contributed by atoms with Crippen LogP contribution in [0.3, 0.4) is 0 Å². The number of carbonyl (C=O) groups is 1. The van der Waals surface area contributed by atoms with Crippen molar-refractivity contribution in [3.8, 4) is 5.75 Å². The number of ether oxygens (including phenoxy) is 1. The van der Waals surface area contributed by atoms with Gasteiger partial charge in [-0.2, -0.15) is 0 Å². The zero-order valence-electron chi connectivity index (χ0n) is 15.2.